The zero-order chi connectivity index (χ0) is 14.6. The lowest BCUT2D eigenvalue weighted by Gasteiger charge is -2.07. The van der Waals surface area contributed by atoms with Crippen molar-refractivity contribution in [1.82, 2.24) is 9.78 Å². The van der Waals surface area contributed by atoms with E-state index in [1.807, 2.05) is 0 Å². The number of hydrogen-bond donors (Lipinski definition) is 1. The fraction of sp³-hybridized carbons (Fsp3) is 0.250. The highest BCUT2D eigenvalue weighted by atomic mass is 35.5. The average Bonchev–Trinajstić information content (AvgIpc) is 2.79. The Hall–Kier alpha value is -1.53. The van der Waals surface area contributed by atoms with Crippen molar-refractivity contribution in [1.29, 1.82) is 0 Å². The van der Waals surface area contributed by atoms with Gasteiger partial charge in [0.05, 0.1) is 11.4 Å². The van der Waals surface area contributed by atoms with Crippen molar-refractivity contribution >= 4 is 17.3 Å². The van der Waals surface area contributed by atoms with Gasteiger partial charge in [0, 0.05) is 11.6 Å². The second-order valence-corrected chi connectivity index (χ2v) is 4.02. The molecule has 1 rings (SSSR count). The zero-order valence-corrected chi connectivity index (χ0v) is 11.0. The Bertz CT molecular complexity index is 527. The minimum absolute atomic E-state index is 0.0695. The summed E-state index contributed by atoms with van der Waals surface area (Å²) in [5.41, 5.74) is 5.07. The monoisotopic (exact) mass is 291 g/mol. The topological polar surface area (TPSA) is 43.8 Å². The molecule has 0 aliphatic carbocycles. The van der Waals surface area contributed by atoms with Gasteiger partial charge in [-0.3, -0.25) is 0 Å². The predicted octanol–water partition coefficient (Wildman–Crippen LogP) is 3.53. The molecule has 19 heavy (non-hydrogen) atoms. The van der Waals surface area contributed by atoms with E-state index in [4.69, 9.17) is 17.3 Å². The highest BCUT2D eigenvalue weighted by molar-refractivity contribution is 6.31. The fourth-order valence-electron chi connectivity index (χ4n) is 1.39. The van der Waals surface area contributed by atoms with Crippen molar-refractivity contribution in [2.45, 2.75) is 19.6 Å². The number of allylic oxidation sites excluding steroid dienone is 5. The van der Waals surface area contributed by atoms with Crippen LogP contribution in [0.25, 0.3) is 5.70 Å². The van der Waals surface area contributed by atoms with Crippen LogP contribution in [0.15, 0.2) is 35.9 Å². The maximum Gasteiger partial charge on any atom is 0.435 e. The summed E-state index contributed by atoms with van der Waals surface area (Å²) in [5.74, 6) is 0. The van der Waals surface area contributed by atoms with Crippen LogP contribution in [0, 0.1) is 0 Å². The molecule has 0 unspecified atom stereocenters. The van der Waals surface area contributed by atoms with Gasteiger partial charge in [-0.2, -0.15) is 18.3 Å². The third-order valence-corrected chi connectivity index (χ3v) is 2.57. The van der Waals surface area contributed by atoms with E-state index < -0.39 is 11.9 Å². The van der Waals surface area contributed by atoms with Crippen LogP contribution in [0.4, 0.5) is 13.2 Å². The van der Waals surface area contributed by atoms with Crippen LogP contribution < -0.4 is 5.73 Å². The van der Waals surface area contributed by atoms with Gasteiger partial charge in [0.25, 0.3) is 0 Å². The second kappa shape index (κ2) is 6.08. The number of nitrogens with two attached hydrogens (primary N) is 1. The number of aromatic nitrogens is 2. The summed E-state index contributed by atoms with van der Waals surface area (Å²) in [4.78, 5) is 0. The molecule has 0 saturated heterocycles. The maximum absolute atomic E-state index is 12.6. The molecule has 0 aliphatic heterocycles. The fourth-order valence-corrected chi connectivity index (χ4v) is 1.51. The lowest BCUT2D eigenvalue weighted by atomic mass is 10.3. The number of hydrogen-bond acceptors (Lipinski definition) is 2. The van der Waals surface area contributed by atoms with Crippen molar-refractivity contribution in [2.75, 3.05) is 0 Å². The van der Waals surface area contributed by atoms with Gasteiger partial charge in [-0.15, -0.1) is 0 Å². The van der Waals surface area contributed by atoms with E-state index in [2.05, 4.69) is 11.7 Å². The number of nitrogens with zero attached hydrogens (tertiary/aromatic N) is 2. The van der Waals surface area contributed by atoms with E-state index in [1.54, 1.807) is 13.0 Å². The maximum atomic E-state index is 12.6. The molecule has 0 bridgehead atoms. The summed E-state index contributed by atoms with van der Waals surface area (Å²) in [7, 11) is 0. The SMILES string of the molecule is C=CC(Cl)=CC(=CC)n1nc(C(F)(F)F)cc1CN. The highest BCUT2D eigenvalue weighted by Crippen LogP contribution is 2.29. The van der Waals surface area contributed by atoms with Gasteiger partial charge in [0.15, 0.2) is 5.69 Å². The predicted molar refractivity (Wildman–Crippen MR) is 69.2 cm³/mol. The lowest BCUT2D eigenvalue weighted by molar-refractivity contribution is -0.141. The molecule has 2 N–H and O–H groups in total. The van der Waals surface area contributed by atoms with E-state index in [9.17, 15) is 13.2 Å². The Kier molecular flexibility index (Phi) is 4.97. The summed E-state index contributed by atoms with van der Waals surface area (Å²) in [6.45, 7) is 5.06. The molecular formula is C12H13ClF3N3. The van der Waals surface area contributed by atoms with Crippen LogP contribution in [0.2, 0.25) is 0 Å². The van der Waals surface area contributed by atoms with E-state index in [0.29, 0.717) is 10.7 Å². The largest absolute Gasteiger partial charge is 0.435 e. The molecular weight excluding hydrogens is 279 g/mol. The first kappa shape index (κ1) is 15.5. The molecule has 0 amide bonds. The smallest absolute Gasteiger partial charge is 0.325 e. The second-order valence-electron chi connectivity index (χ2n) is 3.58. The molecule has 0 aromatic carbocycles. The van der Waals surface area contributed by atoms with E-state index >= 15 is 0 Å². The Morgan fingerprint density at radius 3 is 2.63 bits per heavy atom. The summed E-state index contributed by atoms with van der Waals surface area (Å²) < 4.78 is 39.0. The van der Waals surface area contributed by atoms with Crippen LogP contribution in [0.3, 0.4) is 0 Å². The molecule has 0 atom stereocenters. The third kappa shape index (κ3) is 3.71. The van der Waals surface area contributed by atoms with Gasteiger partial charge >= 0.3 is 6.18 Å². The van der Waals surface area contributed by atoms with E-state index in [1.165, 1.54) is 12.2 Å². The van der Waals surface area contributed by atoms with Gasteiger partial charge in [-0.05, 0) is 19.1 Å². The summed E-state index contributed by atoms with van der Waals surface area (Å²) in [6, 6.07) is 0.916. The quantitative estimate of drug-likeness (QED) is 0.863. The first-order valence-corrected chi connectivity index (χ1v) is 5.73. The first-order valence-electron chi connectivity index (χ1n) is 5.36. The molecule has 0 radical (unpaired) electrons. The van der Waals surface area contributed by atoms with Crippen LogP contribution in [-0.2, 0) is 12.7 Å². The van der Waals surface area contributed by atoms with Crippen molar-refractivity contribution in [3.05, 3.63) is 47.3 Å². The minimum atomic E-state index is -4.51. The normalized spacial score (nSPS) is 13.8. The number of alkyl halides is 3. The molecule has 1 heterocycles. The van der Waals surface area contributed by atoms with Crippen molar-refractivity contribution < 1.29 is 13.2 Å². The van der Waals surface area contributed by atoms with Crippen LogP contribution in [-0.4, -0.2) is 9.78 Å². The summed E-state index contributed by atoms with van der Waals surface area (Å²) in [6.07, 6.45) is -0.0968. The molecule has 7 heteroatoms. The van der Waals surface area contributed by atoms with Crippen LogP contribution in [0.1, 0.15) is 18.3 Å². The Morgan fingerprint density at radius 1 is 1.58 bits per heavy atom. The van der Waals surface area contributed by atoms with Crippen molar-refractivity contribution in [3.63, 3.8) is 0 Å². The number of halogens is 4. The molecule has 1 aromatic heterocycles. The van der Waals surface area contributed by atoms with Crippen LogP contribution in [0.5, 0.6) is 0 Å². The van der Waals surface area contributed by atoms with Gasteiger partial charge < -0.3 is 5.73 Å². The lowest BCUT2D eigenvalue weighted by Crippen LogP contribution is -2.09. The van der Waals surface area contributed by atoms with Crippen LogP contribution >= 0.6 is 11.6 Å². The standard InChI is InChI=1S/C12H13ClF3N3/c1-3-8(13)5-9(4-2)19-10(7-17)6-11(18-19)12(14,15)16/h3-6H,1,7,17H2,2H3. The molecule has 1 aromatic rings. The Labute approximate surface area is 113 Å². The van der Waals surface area contributed by atoms with Gasteiger partial charge in [-0.25, -0.2) is 4.68 Å². The van der Waals surface area contributed by atoms with E-state index in [0.717, 1.165) is 10.7 Å². The average molecular weight is 292 g/mol. The molecule has 0 aliphatic rings. The molecule has 0 saturated carbocycles. The van der Waals surface area contributed by atoms with Crippen molar-refractivity contribution in [3.8, 4) is 0 Å². The van der Waals surface area contributed by atoms with Gasteiger partial charge in [0.1, 0.15) is 0 Å². The highest BCUT2D eigenvalue weighted by Gasteiger charge is 2.34. The molecule has 0 fully saturated rings. The molecule has 104 valence electrons. The zero-order valence-electron chi connectivity index (χ0n) is 10.2. The third-order valence-electron chi connectivity index (χ3n) is 2.30. The van der Waals surface area contributed by atoms with Gasteiger partial charge in [0.2, 0.25) is 0 Å². The first-order chi connectivity index (χ1) is 8.83. The van der Waals surface area contributed by atoms with Crippen molar-refractivity contribution in [2.24, 2.45) is 5.73 Å². The minimum Gasteiger partial charge on any atom is -0.325 e. The summed E-state index contributed by atoms with van der Waals surface area (Å²) >= 11 is 5.79. The summed E-state index contributed by atoms with van der Waals surface area (Å²) in [5, 5.41) is 3.81. The Morgan fingerprint density at radius 2 is 2.21 bits per heavy atom. The number of rotatable bonds is 4. The van der Waals surface area contributed by atoms with Gasteiger partial charge in [-0.1, -0.05) is 30.3 Å². The van der Waals surface area contributed by atoms with E-state index in [-0.39, 0.29) is 12.2 Å². The molecule has 3 nitrogen and oxygen atoms in total. The molecule has 0 spiro atoms. The Balaban J connectivity index is 3.33.